The average molecular weight is 295 g/mol. The van der Waals surface area contributed by atoms with E-state index in [1.807, 2.05) is 13.8 Å². The van der Waals surface area contributed by atoms with Gasteiger partial charge in [0.15, 0.2) is 5.88 Å². The smallest absolute Gasteiger partial charge is 0.318 e. The van der Waals surface area contributed by atoms with Gasteiger partial charge in [-0.05, 0) is 27.4 Å². The minimum Gasteiger partial charge on any atom is -0.479 e. The van der Waals surface area contributed by atoms with Crippen molar-refractivity contribution in [3.8, 4) is 0 Å². The zero-order valence-corrected chi connectivity index (χ0v) is 12.5. The highest BCUT2D eigenvalue weighted by atomic mass is 31.1. The molecule has 0 aromatic rings. The van der Waals surface area contributed by atoms with Crippen molar-refractivity contribution < 1.29 is 28.2 Å². The molecule has 0 saturated heterocycles. The van der Waals surface area contributed by atoms with Gasteiger partial charge >= 0.3 is 8.25 Å². The van der Waals surface area contributed by atoms with Gasteiger partial charge < -0.3 is 19.1 Å². The van der Waals surface area contributed by atoms with E-state index in [2.05, 4.69) is 11.1 Å². The molecule has 1 unspecified atom stereocenters. The summed E-state index contributed by atoms with van der Waals surface area (Å²) in [5.41, 5.74) is 0. The fraction of sp³-hybridized carbons (Fsp3) is 0.636. The second kappa shape index (κ2) is 10.7. The van der Waals surface area contributed by atoms with Crippen molar-refractivity contribution in [2.24, 2.45) is 0 Å². The van der Waals surface area contributed by atoms with Gasteiger partial charge in [0.25, 0.3) is 5.95 Å². The lowest BCUT2D eigenvalue weighted by molar-refractivity contribution is 0.0302. The van der Waals surface area contributed by atoms with Gasteiger partial charge in [-0.1, -0.05) is 0 Å². The van der Waals surface area contributed by atoms with E-state index in [0.29, 0.717) is 19.8 Å². The summed E-state index contributed by atoms with van der Waals surface area (Å²) < 4.78 is 31.0. The summed E-state index contributed by atoms with van der Waals surface area (Å²) in [7, 11) is -3.04. The lowest BCUT2D eigenvalue weighted by Gasteiger charge is -2.22. The Bertz CT molecular complexity index is 312. The third kappa shape index (κ3) is 8.53. The number of rotatable bonds is 11. The fourth-order valence-corrected chi connectivity index (χ4v) is 1.33. The lowest BCUT2D eigenvalue weighted by atomic mass is 10.6. The zero-order valence-electron chi connectivity index (χ0n) is 11.5. The van der Waals surface area contributed by atoms with Crippen LogP contribution < -0.4 is 0 Å². The molecule has 0 amide bonds. The molecule has 0 saturated carbocycles. The predicted octanol–water partition coefficient (Wildman–Crippen LogP) is 2.02. The van der Waals surface area contributed by atoms with Crippen molar-refractivity contribution >= 4 is 8.25 Å². The molecular weight excluding hydrogens is 273 g/mol. The van der Waals surface area contributed by atoms with Crippen molar-refractivity contribution in [3.63, 3.8) is 0 Å². The number of hydrogen-bond acceptors (Lipinski definition) is 6. The van der Waals surface area contributed by atoms with E-state index in [0.717, 1.165) is 0 Å². The topological polar surface area (TPSA) is 77.5 Å². The van der Waals surface area contributed by atoms with Gasteiger partial charge in [0.05, 0.1) is 26.0 Å². The van der Waals surface area contributed by atoms with Crippen molar-refractivity contribution in [2.75, 3.05) is 26.6 Å². The molecule has 1 atom stereocenters. The molecule has 0 aliphatic rings. The first-order chi connectivity index (χ1) is 9.04. The summed E-state index contributed by atoms with van der Waals surface area (Å²) in [5.74, 6) is 0.523. The molecule has 0 aromatic carbocycles. The summed E-state index contributed by atoms with van der Waals surface area (Å²) in [4.78, 5) is 10.1. The quantitative estimate of drug-likeness (QED) is 0.355. The largest absolute Gasteiger partial charge is 0.479 e. The Morgan fingerprint density at radius 1 is 1.21 bits per heavy atom. The van der Waals surface area contributed by atoms with Crippen LogP contribution in [0.5, 0.6) is 0 Å². The molecule has 19 heavy (non-hydrogen) atoms. The maximum absolute atomic E-state index is 10.6. The van der Waals surface area contributed by atoms with E-state index in [1.54, 1.807) is 6.92 Å². The molecular formula is C11H22NO6P. The van der Waals surface area contributed by atoms with Crippen LogP contribution in [-0.4, -0.2) is 36.3 Å². The lowest BCUT2D eigenvalue weighted by Crippen LogP contribution is -2.21. The molecule has 8 heteroatoms. The van der Waals surface area contributed by atoms with Gasteiger partial charge in [-0.25, -0.2) is 0 Å². The highest BCUT2D eigenvalue weighted by Gasteiger charge is 2.11. The van der Waals surface area contributed by atoms with Crippen molar-refractivity contribution in [3.05, 3.63) is 24.6 Å². The summed E-state index contributed by atoms with van der Waals surface area (Å²) in [6.07, 6.45) is 1.47. The van der Waals surface area contributed by atoms with Crippen LogP contribution in [0.15, 0.2) is 24.6 Å². The van der Waals surface area contributed by atoms with Crippen LogP contribution in [0.4, 0.5) is 0 Å². The Morgan fingerprint density at radius 3 is 2.16 bits per heavy atom. The Morgan fingerprint density at radius 2 is 1.74 bits per heavy atom. The molecule has 0 radical (unpaired) electrons. The molecule has 0 heterocycles. The Hall–Kier alpha value is -1.17. The van der Waals surface area contributed by atoms with E-state index >= 15 is 0 Å². The van der Waals surface area contributed by atoms with Crippen molar-refractivity contribution in [1.82, 2.24) is 4.90 Å². The van der Waals surface area contributed by atoms with Crippen LogP contribution in [0.2, 0.25) is 0 Å². The van der Waals surface area contributed by atoms with Crippen LogP contribution in [0.1, 0.15) is 20.8 Å². The van der Waals surface area contributed by atoms with Gasteiger partial charge in [-0.2, -0.15) is 0 Å². The Balaban J connectivity index is 4.80. The molecule has 112 valence electrons. The van der Waals surface area contributed by atoms with Crippen LogP contribution in [0.25, 0.3) is 0 Å². The Labute approximate surface area is 114 Å². The van der Waals surface area contributed by atoms with E-state index in [1.165, 1.54) is 11.1 Å². The number of ether oxygens (including phenoxy) is 3. The molecule has 0 spiro atoms. The average Bonchev–Trinajstić information content (AvgIpc) is 2.34. The van der Waals surface area contributed by atoms with Gasteiger partial charge in [0.2, 0.25) is 0 Å². The monoisotopic (exact) mass is 295 g/mol. The third-order valence-electron chi connectivity index (χ3n) is 1.79. The third-order valence-corrected chi connectivity index (χ3v) is 2.17. The first-order valence-electron chi connectivity index (χ1n) is 5.96. The van der Waals surface area contributed by atoms with E-state index < -0.39 is 8.25 Å². The second-order valence-corrected chi connectivity index (χ2v) is 3.97. The highest BCUT2D eigenvalue weighted by Crippen LogP contribution is 2.18. The van der Waals surface area contributed by atoms with Gasteiger partial charge in [0.1, 0.15) is 6.73 Å². The highest BCUT2D eigenvalue weighted by molar-refractivity contribution is 7.32. The van der Waals surface area contributed by atoms with Crippen LogP contribution in [0, 0.1) is 0 Å². The van der Waals surface area contributed by atoms with Crippen LogP contribution in [0.3, 0.4) is 0 Å². The van der Waals surface area contributed by atoms with Gasteiger partial charge in [-0.15, -0.1) is 0 Å². The normalized spacial score (nSPS) is 11.4. The number of nitrogens with zero attached hydrogens (tertiary/aromatic N) is 1. The van der Waals surface area contributed by atoms with E-state index in [9.17, 15) is 4.57 Å². The van der Waals surface area contributed by atoms with E-state index in [4.69, 9.17) is 19.1 Å². The molecule has 1 N–H and O–H groups in total. The molecule has 0 aliphatic heterocycles. The Kier molecular flexibility index (Phi) is 10.1. The summed E-state index contributed by atoms with van der Waals surface area (Å²) in [6, 6.07) is 0. The maximum atomic E-state index is 10.6. The second-order valence-electron chi connectivity index (χ2n) is 3.15. The van der Waals surface area contributed by atoms with Crippen LogP contribution in [-0.2, 0) is 23.3 Å². The van der Waals surface area contributed by atoms with Gasteiger partial charge in [0, 0.05) is 0 Å². The van der Waals surface area contributed by atoms with E-state index in [-0.39, 0.29) is 18.6 Å². The van der Waals surface area contributed by atoms with Crippen LogP contribution >= 0.6 is 8.25 Å². The molecule has 0 rings (SSSR count). The molecule has 7 nitrogen and oxygen atoms in total. The molecule has 0 aromatic heterocycles. The molecule has 0 bridgehead atoms. The standard InChI is InChI=1S/C11H22NO6P/c1-5-15-10(4)12(9-18-19(13)14)8-11(16-6-2)17-7-3/h8,19H,4-7,9H2,1-3H3,(H,13,14). The van der Waals surface area contributed by atoms with Crippen molar-refractivity contribution in [1.29, 1.82) is 0 Å². The van der Waals surface area contributed by atoms with Gasteiger partial charge in [-0.3, -0.25) is 14.0 Å². The summed E-state index contributed by atoms with van der Waals surface area (Å²) in [6.45, 7) is 10.2. The first kappa shape index (κ1) is 17.8. The number of hydrogen-bond donors (Lipinski definition) is 1. The summed E-state index contributed by atoms with van der Waals surface area (Å²) in [5, 5.41) is 0. The maximum Gasteiger partial charge on any atom is 0.318 e. The predicted molar refractivity (Wildman–Crippen MR) is 71.1 cm³/mol. The fourth-order valence-electron chi connectivity index (χ4n) is 1.08. The summed E-state index contributed by atoms with van der Waals surface area (Å²) >= 11 is 0. The van der Waals surface area contributed by atoms with Crippen molar-refractivity contribution in [2.45, 2.75) is 20.8 Å². The SMILES string of the molecule is C=C(OCC)N(C=C(OCC)OCC)CO[PH](=O)O. The zero-order chi connectivity index (χ0) is 14.7. The minimum absolute atomic E-state index is 0.184. The molecule has 0 aliphatic carbocycles. The molecule has 0 fully saturated rings. The minimum atomic E-state index is -3.04. The first-order valence-corrected chi connectivity index (χ1v) is 7.22.